The van der Waals surface area contributed by atoms with E-state index in [1.54, 1.807) is 6.07 Å². The Kier molecular flexibility index (Phi) is 4.26. The number of nitrogens with two attached hydrogens (primary N) is 2. The summed E-state index contributed by atoms with van der Waals surface area (Å²) in [6.07, 6.45) is 3.66. The Morgan fingerprint density at radius 1 is 1.40 bits per heavy atom. The van der Waals surface area contributed by atoms with Crippen LogP contribution in [0.15, 0.2) is 18.2 Å². The molecule has 0 unspecified atom stereocenters. The fourth-order valence-electron chi connectivity index (χ4n) is 1.71. The van der Waals surface area contributed by atoms with Crippen LogP contribution >= 0.6 is 24.0 Å². The molecule has 0 aliphatic heterocycles. The molecule has 2 rings (SSSR count). The van der Waals surface area contributed by atoms with Crippen LogP contribution in [0.5, 0.6) is 0 Å². The first-order chi connectivity index (χ1) is 6.66. The number of anilines is 1. The van der Waals surface area contributed by atoms with Crippen molar-refractivity contribution in [2.24, 2.45) is 11.7 Å². The Morgan fingerprint density at radius 3 is 2.67 bits per heavy atom. The van der Waals surface area contributed by atoms with Gasteiger partial charge in [-0.2, -0.15) is 0 Å². The van der Waals surface area contributed by atoms with E-state index in [0.717, 1.165) is 23.6 Å². The monoisotopic (exact) mass is 246 g/mol. The number of hydrogen-bond acceptors (Lipinski definition) is 2. The fourth-order valence-corrected chi connectivity index (χ4v) is 1.89. The second-order valence-corrected chi connectivity index (χ2v) is 4.50. The standard InChI is InChI=1S/C11H15ClN2.ClH/c12-8-3-4-10(13)9(6-8)11(14)5-7-1-2-7;/h3-4,6-7,11H,1-2,5,13-14H2;1H/t11-;/m0./s1. The van der Waals surface area contributed by atoms with Crippen molar-refractivity contribution in [1.82, 2.24) is 0 Å². The SMILES string of the molecule is Cl.Nc1ccc(Cl)cc1[C@@H](N)CC1CC1. The Bertz CT molecular complexity index is 337. The highest BCUT2D eigenvalue weighted by Gasteiger charge is 2.25. The van der Waals surface area contributed by atoms with Crippen molar-refractivity contribution in [1.29, 1.82) is 0 Å². The maximum Gasteiger partial charge on any atom is 0.0410 e. The van der Waals surface area contributed by atoms with E-state index in [-0.39, 0.29) is 18.4 Å². The summed E-state index contributed by atoms with van der Waals surface area (Å²) >= 11 is 5.90. The van der Waals surface area contributed by atoms with E-state index in [0.29, 0.717) is 5.02 Å². The zero-order valence-electron chi connectivity index (χ0n) is 8.45. The molecule has 0 bridgehead atoms. The second-order valence-electron chi connectivity index (χ2n) is 4.06. The van der Waals surface area contributed by atoms with Gasteiger partial charge >= 0.3 is 0 Å². The van der Waals surface area contributed by atoms with Gasteiger partial charge in [0.25, 0.3) is 0 Å². The Balaban J connectivity index is 0.00000112. The summed E-state index contributed by atoms with van der Waals surface area (Å²) in [6, 6.07) is 5.54. The molecule has 4 heteroatoms. The van der Waals surface area contributed by atoms with E-state index in [4.69, 9.17) is 23.1 Å². The number of nitrogen functional groups attached to an aromatic ring is 1. The summed E-state index contributed by atoms with van der Waals surface area (Å²) in [6.45, 7) is 0. The van der Waals surface area contributed by atoms with Gasteiger partial charge in [0.15, 0.2) is 0 Å². The zero-order chi connectivity index (χ0) is 10.1. The third-order valence-corrected chi connectivity index (χ3v) is 2.97. The first-order valence-electron chi connectivity index (χ1n) is 4.97. The first-order valence-corrected chi connectivity index (χ1v) is 5.35. The predicted molar refractivity (Wildman–Crippen MR) is 67.4 cm³/mol. The van der Waals surface area contributed by atoms with Crippen molar-refractivity contribution in [3.05, 3.63) is 28.8 Å². The molecule has 1 aliphatic rings. The lowest BCUT2D eigenvalue weighted by molar-refractivity contribution is 0.598. The molecule has 84 valence electrons. The van der Waals surface area contributed by atoms with Crippen LogP contribution in [0.1, 0.15) is 30.9 Å². The van der Waals surface area contributed by atoms with Gasteiger partial charge in [-0.05, 0) is 36.1 Å². The summed E-state index contributed by atoms with van der Waals surface area (Å²) in [4.78, 5) is 0. The lowest BCUT2D eigenvalue weighted by Crippen LogP contribution is -2.13. The van der Waals surface area contributed by atoms with Crippen molar-refractivity contribution in [2.45, 2.75) is 25.3 Å². The largest absolute Gasteiger partial charge is 0.398 e. The molecule has 0 radical (unpaired) electrons. The fraction of sp³-hybridized carbons (Fsp3) is 0.455. The number of rotatable bonds is 3. The summed E-state index contributed by atoms with van der Waals surface area (Å²) < 4.78 is 0. The average molecular weight is 247 g/mol. The quantitative estimate of drug-likeness (QED) is 0.806. The van der Waals surface area contributed by atoms with Crippen molar-refractivity contribution < 1.29 is 0 Å². The van der Waals surface area contributed by atoms with Gasteiger partial charge in [-0.25, -0.2) is 0 Å². The maximum absolute atomic E-state index is 6.07. The smallest absolute Gasteiger partial charge is 0.0410 e. The number of hydrogen-bond donors (Lipinski definition) is 2. The predicted octanol–water partition coefficient (Wildman–Crippen LogP) is 3.14. The minimum Gasteiger partial charge on any atom is -0.398 e. The molecule has 1 fully saturated rings. The van der Waals surface area contributed by atoms with Gasteiger partial charge in [0.1, 0.15) is 0 Å². The van der Waals surface area contributed by atoms with Crippen LogP contribution in [0.3, 0.4) is 0 Å². The van der Waals surface area contributed by atoms with Gasteiger partial charge < -0.3 is 11.5 Å². The highest BCUT2D eigenvalue weighted by Crippen LogP contribution is 2.38. The van der Waals surface area contributed by atoms with Crippen LogP contribution in [0.2, 0.25) is 5.02 Å². The molecule has 0 spiro atoms. The summed E-state index contributed by atoms with van der Waals surface area (Å²) in [7, 11) is 0. The van der Waals surface area contributed by atoms with Crippen LogP contribution in [0.25, 0.3) is 0 Å². The van der Waals surface area contributed by atoms with Gasteiger partial charge in [0.05, 0.1) is 0 Å². The molecule has 4 N–H and O–H groups in total. The van der Waals surface area contributed by atoms with Gasteiger partial charge in [-0.3, -0.25) is 0 Å². The summed E-state index contributed by atoms with van der Waals surface area (Å²) in [5.74, 6) is 0.809. The van der Waals surface area contributed by atoms with Crippen LogP contribution in [0.4, 0.5) is 5.69 Å². The highest BCUT2D eigenvalue weighted by molar-refractivity contribution is 6.30. The number of benzene rings is 1. The van der Waals surface area contributed by atoms with Gasteiger partial charge in [0.2, 0.25) is 0 Å². The zero-order valence-corrected chi connectivity index (χ0v) is 10.0. The Hall–Kier alpha value is -0.440. The van der Waals surface area contributed by atoms with E-state index in [1.807, 2.05) is 12.1 Å². The van der Waals surface area contributed by atoms with E-state index in [9.17, 15) is 0 Å². The van der Waals surface area contributed by atoms with E-state index >= 15 is 0 Å². The van der Waals surface area contributed by atoms with Crippen LogP contribution in [-0.2, 0) is 0 Å². The molecule has 0 amide bonds. The Morgan fingerprint density at radius 2 is 2.07 bits per heavy atom. The maximum atomic E-state index is 6.07. The topological polar surface area (TPSA) is 52.0 Å². The van der Waals surface area contributed by atoms with Crippen LogP contribution in [-0.4, -0.2) is 0 Å². The molecule has 0 heterocycles. The minimum atomic E-state index is 0. The van der Waals surface area contributed by atoms with Crippen molar-refractivity contribution >= 4 is 29.7 Å². The summed E-state index contributed by atoms with van der Waals surface area (Å²) in [5.41, 5.74) is 13.7. The van der Waals surface area contributed by atoms with Crippen molar-refractivity contribution in [3.8, 4) is 0 Å². The Labute approximate surface area is 101 Å². The first kappa shape index (κ1) is 12.6. The van der Waals surface area contributed by atoms with Gasteiger partial charge in [0, 0.05) is 16.8 Å². The van der Waals surface area contributed by atoms with Crippen molar-refractivity contribution in [2.75, 3.05) is 5.73 Å². The molecule has 1 aromatic carbocycles. The van der Waals surface area contributed by atoms with E-state index in [1.165, 1.54) is 12.8 Å². The molecule has 1 saturated carbocycles. The number of halogens is 2. The van der Waals surface area contributed by atoms with Gasteiger partial charge in [-0.1, -0.05) is 24.4 Å². The van der Waals surface area contributed by atoms with E-state index in [2.05, 4.69) is 0 Å². The third kappa shape index (κ3) is 3.26. The highest BCUT2D eigenvalue weighted by atomic mass is 35.5. The summed E-state index contributed by atoms with van der Waals surface area (Å²) in [5, 5.41) is 0.709. The van der Waals surface area contributed by atoms with Gasteiger partial charge in [-0.15, -0.1) is 12.4 Å². The van der Waals surface area contributed by atoms with Crippen LogP contribution in [0, 0.1) is 5.92 Å². The molecule has 1 atom stereocenters. The molecule has 15 heavy (non-hydrogen) atoms. The molecular formula is C11H16Cl2N2. The molecule has 2 nitrogen and oxygen atoms in total. The molecule has 0 saturated heterocycles. The van der Waals surface area contributed by atoms with Crippen LogP contribution < -0.4 is 11.5 Å². The third-order valence-electron chi connectivity index (χ3n) is 2.73. The second kappa shape index (κ2) is 5.06. The molecule has 1 aromatic rings. The normalized spacial score (nSPS) is 16.9. The van der Waals surface area contributed by atoms with Crippen molar-refractivity contribution in [3.63, 3.8) is 0 Å². The lowest BCUT2D eigenvalue weighted by atomic mass is 10.0. The average Bonchev–Trinajstić information content (AvgIpc) is 2.93. The lowest BCUT2D eigenvalue weighted by Gasteiger charge is -2.14. The minimum absolute atomic E-state index is 0. The molecule has 0 aromatic heterocycles. The molecule has 1 aliphatic carbocycles. The van der Waals surface area contributed by atoms with E-state index < -0.39 is 0 Å². The molecular weight excluding hydrogens is 231 g/mol.